The fraction of sp³-hybridized carbons (Fsp3) is 0. The summed E-state index contributed by atoms with van der Waals surface area (Å²) in [4.78, 5) is 20.5. The summed E-state index contributed by atoms with van der Waals surface area (Å²) in [7, 11) is 0. The van der Waals surface area contributed by atoms with E-state index >= 15 is 0 Å². The summed E-state index contributed by atoms with van der Waals surface area (Å²) in [6.45, 7) is 0. The van der Waals surface area contributed by atoms with Gasteiger partial charge in [0.2, 0.25) is 10.5 Å². The number of carbonyl (C=O) groups excluding carboxylic acids is 2. The summed E-state index contributed by atoms with van der Waals surface area (Å²) in [6.07, 6.45) is 13.8. The molecule has 0 aromatic rings. The fourth-order valence-electron chi connectivity index (χ4n) is 1.01. The smallest absolute Gasteiger partial charge is 0.229 e. The molecule has 0 aromatic heterocycles. The standard InChI is InChI=1S/2C6H4ClO.Fe/c2*7-6(8)5-3-1-2-4-5;/h2*1-4H;. The topological polar surface area (TPSA) is 34.1 Å². The van der Waals surface area contributed by atoms with E-state index in [9.17, 15) is 9.59 Å². The SMILES string of the molecule is O=C(Cl)[C]1[CH][CH][CH][CH]1.O=C(Cl)[C]1[CH][CH][CH][CH]1.[Fe]. The first-order chi connectivity index (χ1) is 7.61. The predicted molar refractivity (Wildman–Crippen MR) is 62.6 cm³/mol. The fourth-order valence-corrected chi connectivity index (χ4v) is 1.26. The van der Waals surface area contributed by atoms with E-state index in [0.717, 1.165) is 0 Å². The van der Waals surface area contributed by atoms with Crippen molar-refractivity contribution >= 4 is 33.7 Å². The van der Waals surface area contributed by atoms with Crippen LogP contribution in [0.2, 0.25) is 0 Å². The van der Waals surface area contributed by atoms with Gasteiger partial charge in [-0.1, -0.05) is 0 Å². The normalized spacial score (nSPS) is 20.4. The molecule has 0 aromatic carbocycles. The predicted octanol–water partition coefficient (Wildman–Crippen LogP) is 2.31. The molecule has 2 nitrogen and oxygen atoms in total. The van der Waals surface area contributed by atoms with Crippen LogP contribution in [0.5, 0.6) is 0 Å². The second kappa shape index (κ2) is 9.38. The van der Waals surface area contributed by atoms with Gasteiger partial charge in [-0.15, -0.1) is 0 Å². The van der Waals surface area contributed by atoms with Crippen LogP contribution in [0.1, 0.15) is 0 Å². The third kappa shape index (κ3) is 6.81. The number of carbonyl (C=O) groups is 2. The molecule has 2 saturated carbocycles. The maximum Gasteiger partial charge on any atom is 0.229 e. The van der Waals surface area contributed by atoms with Crippen molar-refractivity contribution in [1.82, 2.24) is 0 Å². The Bertz CT molecular complexity index is 221. The maximum absolute atomic E-state index is 10.3. The zero-order valence-corrected chi connectivity index (χ0v) is 11.2. The van der Waals surface area contributed by atoms with E-state index in [1.54, 1.807) is 51.4 Å². The quantitative estimate of drug-likeness (QED) is 0.579. The maximum atomic E-state index is 10.3. The Morgan fingerprint density at radius 3 is 1.06 bits per heavy atom. The Balaban J connectivity index is 0.000000284. The van der Waals surface area contributed by atoms with Gasteiger partial charge in [0.25, 0.3) is 0 Å². The van der Waals surface area contributed by atoms with Gasteiger partial charge in [-0.2, -0.15) is 0 Å². The van der Waals surface area contributed by atoms with Crippen LogP contribution < -0.4 is 0 Å². The summed E-state index contributed by atoms with van der Waals surface area (Å²) in [6, 6.07) is 0. The molecule has 0 N–H and O–H groups in total. The van der Waals surface area contributed by atoms with Crippen LogP contribution in [-0.4, -0.2) is 10.5 Å². The van der Waals surface area contributed by atoms with Gasteiger partial charge < -0.3 is 0 Å². The minimum atomic E-state index is -0.394. The first-order valence-electron chi connectivity index (χ1n) is 4.44. The molecule has 0 saturated heterocycles. The van der Waals surface area contributed by atoms with Gasteiger partial charge in [-0.05, 0) is 74.6 Å². The Morgan fingerprint density at radius 2 is 0.941 bits per heavy atom. The van der Waals surface area contributed by atoms with Crippen molar-refractivity contribution < 1.29 is 26.7 Å². The Kier molecular flexibility index (Phi) is 9.62. The van der Waals surface area contributed by atoms with Crippen LogP contribution in [0.25, 0.3) is 0 Å². The molecule has 2 aliphatic carbocycles. The second-order valence-electron chi connectivity index (χ2n) is 2.89. The van der Waals surface area contributed by atoms with Crippen molar-refractivity contribution in [2.24, 2.45) is 0 Å². The molecule has 0 atom stereocenters. The molecule has 17 heavy (non-hydrogen) atoms. The average Bonchev–Trinajstić information content (AvgIpc) is 2.93. The third-order valence-electron chi connectivity index (χ3n) is 1.78. The van der Waals surface area contributed by atoms with E-state index in [1.807, 2.05) is 0 Å². The monoisotopic (exact) mass is 310 g/mol. The minimum absolute atomic E-state index is 0. The van der Waals surface area contributed by atoms with Crippen LogP contribution >= 0.6 is 23.2 Å². The van der Waals surface area contributed by atoms with Crippen molar-refractivity contribution in [3.05, 3.63) is 63.2 Å². The first-order valence-corrected chi connectivity index (χ1v) is 5.20. The van der Waals surface area contributed by atoms with E-state index in [-0.39, 0.29) is 17.1 Å². The van der Waals surface area contributed by atoms with E-state index in [2.05, 4.69) is 0 Å². The van der Waals surface area contributed by atoms with Crippen molar-refractivity contribution in [3.8, 4) is 0 Å². The van der Waals surface area contributed by atoms with E-state index in [4.69, 9.17) is 23.2 Å². The Morgan fingerprint density at radius 1 is 0.706 bits per heavy atom. The number of hydrogen-bond acceptors (Lipinski definition) is 2. The van der Waals surface area contributed by atoms with E-state index < -0.39 is 10.5 Å². The Labute approximate surface area is 123 Å². The summed E-state index contributed by atoms with van der Waals surface area (Å²) < 4.78 is 0. The molecule has 0 spiro atoms. The molecule has 0 bridgehead atoms. The molecule has 0 heterocycles. The third-order valence-corrected chi connectivity index (χ3v) is 2.22. The summed E-state index contributed by atoms with van der Waals surface area (Å²) in [5.74, 6) is 1.12. The molecular weight excluding hydrogens is 303 g/mol. The number of halogens is 2. The molecule has 0 amide bonds. The molecule has 2 rings (SSSR count). The largest absolute Gasteiger partial charge is 0.281 e. The Hall–Kier alpha value is 0.439. The van der Waals surface area contributed by atoms with Crippen LogP contribution in [0.3, 0.4) is 0 Å². The van der Waals surface area contributed by atoms with Gasteiger partial charge in [0, 0.05) is 17.1 Å². The van der Waals surface area contributed by atoms with Crippen LogP contribution in [0.4, 0.5) is 0 Å². The molecule has 0 unspecified atom stereocenters. The second-order valence-corrected chi connectivity index (χ2v) is 3.58. The van der Waals surface area contributed by atoms with Crippen LogP contribution in [0, 0.1) is 63.2 Å². The molecule has 0 aliphatic heterocycles. The summed E-state index contributed by atoms with van der Waals surface area (Å²) in [5.41, 5.74) is 0. The first kappa shape index (κ1) is 17.4. The molecule has 5 heteroatoms. The summed E-state index contributed by atoms with van der Waals surface area (Å²) >= 11 is 10.2. The van der Waals surface area contributed by atoms with Gasteiger partial charge in [-0.25, -0.2) is 0 Å². The number of rotatable bonds is 2. The van der Waals surface area contributed by atoms with Gasteiger partial charge in [-0.3, -0.25) is 9.59 Å². The molecule has 2 fully saturated rings. The minimum Gasteiger partial charge on any atom is -0.281 e. The van der Waals surface area contributed by atoms with E-state index in [0.29, 0.717) is 11.8 Å². The van der Waals surface area contributed by atoms with Gasteiger partial charge in [0.15, 0.2) is 0 Å². The van der Waals surface area contributed by atoms with Gasteiger partial charge in [0.05, 0.1) is 11.8 Å². The van der Waals surface area contributed by atoms with Crippen molar-refractivity contribution in [2.45, 2.75) is 0 Å². The van der Waals surface area contributed by atoms with Crippen molar-refractivity contribution in [3.63, 3.8) is 0 Å². The molecule has 10 radical (unpaired) electrons. The number of hydrogen-bond donors (Lipinski definition) is 0. The molecule has 90 valence electrons. The van der Waals surface area contributed by atoms with Crippen LogP contribution in [0.15, 0.2) is 0 Å². The zero-order chi connectivity index (χ0) is 12.0. The van der Waals surface area contributed by atoms with E-state index in [1.165, 1.54) is 0 Å². The summed E-state index contributed by atoms with van der Waals surface area (Å²) in [5, 5.41) is -0.787. The van der Waals surface area contributed by atoms with Gasteiger partial charge in [0.1, 0.15) is 0 Å². The molecule has 2 aliphatic rings. The van der Waals surface area contributed by atoms with Gasteiger partial charge >= 0.3 is 0 Å². The van der Waals surface area contributed by atoms with Crippen molar-refractivity contribution in [1.29, 1.82) is 0 Å². The molecular formula is C12H8Cl2FeO2. The van der Waals surface area contributed by atoms with Crippen molar-refractivity contribution in [2.75, 3.05) is 0 Å². The average molecular weight is 311 g/mol. The zero-order valence-electron chi connectivity index (χ0n) is 8.54. The van der Waals surface area contributed by atoms with Crippen LogP contribution in [-0.2, 0) is 26.7 Å².